The zero-order valence-corrected chi connectivity index (χ0v) is 17.6. The smallest absolute Gasteiger partial charge is 0.390 e. The van der Waals surface area contributed by atoms with Gasteiger partial charge in [-0.05, 0) is 12.8 Å². The number of hydrogen-bond acceptors (Lipinski definition) is 3. The molecule has 3 atom stereocenters. The molecule has 0 saturated carbocycles. The zero-order valence-electron chi connectivity index (χ0n) is 17.6. The van der Waals surface area contributed by atoms with Gasteiger partial charge in [-0.2, -0.15) is 13.2 Å². The quantitative estimate of drug-likeness (QED) is 0.286. The number of aliphatic hydroxyl groups is 2. The molecule has 0 spiro atoms. The third-order valence-corrected chi connectivity index (χ3v) is 5.17. The number of carbonyl (C=O) groups is 1. The fraction of sp³-hybridized carbons (Fsp3) is 0.952. The highest BCUT2D eigenvalue weighted by molar-refractivity contribution is 5.82. The van der Waals surface area contributed by atoms with Gasteiger partial charge in [0.05, 0.1) is 18.2 Å². The molecular weight excluding hydrogens is 371 g/mol. The van der Waals surface area contributed by atoms with Crippen molar-refractivity contribution in [3.05, 3.63) is 0 Å². The van der Waals surface area contributed by atoms with Gasteiger partial charge in [0.15, 0.2) is 0 Å². The van der Waals surface area contributed by atoms with Crippen LogP contribution in [0.4, 0.5) is 13.2 Å². The molecule has 0 unspecified atom stereocenters. The van der Waals surface area contributed by atoms with Gasteiger partial charge in [0.1, 0.15) is 0 Å². The van der Waals surface area contributed by atoms with E-state index in [0.717, 1.165) is 19.3 Å². The lowest BCUT2D eigenvalue weighted by Gasteiger charge is -2.27. The maximum atomic E-state index is 12.3. The molecule has 4 nitrogen and oxygen atoms in total. The fourth-order valence-corrected chi connectivity index (χ4v) is 3.31. The van der Waals surface area contributed by atoms with Crippen molar-refractivity contribution >= 4 is 5.91 Å². The number of unbranched alkanes of at least 4 members (excludes halogenated alkanes) is 11. The summed E-state index contributed by atoms with van der Waals surface area (Å²) in [6.45, 7) is 3.77. The van der Waals surface area contributed by atoms with Crippen LogP contribution < -0.4 is 5.32 Å². The van der Waals surface area contributed by atoms with Crippen LogP contribution in [-0.4, -0.2) is 40.5 Å². The highest BCUT2D eigenvalue weighted by Gasteiger charge is 2.41. The Morgan fingerprint density at radius 2 is 1.25 bits per heavy atom. The molecule has 7 heteroatoms. The lowest BCUT2D eigenvalue weighted by molar-refractivity contribution is -0.175. The number of carbonyl (C=O) groups excluding carboxylic acids is 1. The Labute approximate surface area is 168 Å². The van der Waals surface area contributed by atoms with E-state index in [1.165, 1.54) is 51.4 Å². The lowest BCUT2D eigenvalue weighted by Crippen LogP contribution is -2.51. The number of hydrogen-bond donors (Lipinski definition) is 3. The van der Waals surface area contributed by atoms with Crippen molar-refractivity contribution in [3.63, 3.8) is 0 Å². The molecule has 0 fully saturated rings. The monoisotopic (exact) mass is 411 g/mol. The van der Waals surface area contributed by atoms with Crippen molar-refractivity contribution in [2.45, 2.75) is 128 Å². The minimum atomic E-state index is -4.99. The molecule has 168 valence electrons. The standard InChI is InChI=1S/C21H40F3NO3/c1-3-5-6-7-8-9-10-11-12-13-14-15-16-18(26)19(27)17(4-2)25-20(28)21(22,23)24/h17-19,26-27H,3-16H2,1-2H3,(H,25,28)/t17-,18+,19-/m0/s1. The summed E-state index contributed by atoms with van der Waals surface area (Å²) in [6, 6.07) is -1.11. The number of alkyl halides is 3. The van der Waals surface area contributed by atoms with E-state index in [1.807, 2.05) is 0 Å². The maximum Gasteiger partial charge on any atom is 0.471 e. The van der Waals surface area contributed by atoms with Crippen LogP contribution in [0.1, 0.15) is 104 Å². The Kier molecular flexibility index (Phi) is 15.6. The van der Waals surface area contributed by atoms with E-state index in [1.54, 1.807) is 12.2 Å². The number of aliphatic hydroxyl groups excluding tert-OH is 2. The molecule has 0 bridgehead atoms. The first-order valence-corrected chi connectivity index (χ1v) is 11.0. The van der Waals surface area contributed by atoms with Crippen LogP contribution in [-0.2, 0) is 4.79 Å². The lowest BCUT2D eigenvalue weighted by atomic mass is 9.97. The van der Waals surface area contributed by atoms with Gasteiger partial charge in [0.2, 0.25) is 0 Å². The largest absolute Gasteiger partial charge is 0.471 e. The second-order valence-electron chi connectivity index (χ2n) is 7.72. The zero-order chi connectivity index (χ0) is 21.4. The van der Waals surface area contributed by atoms with Crippen molar-refractivity contribution in [1.82, 2.24) is 5.32 Å². The normalized spacial score (nSPS) is 15.2. The second-order valence-corrected chi connectivity index (χ2v) is 7.72. The predicted molar refractivity (Wildman–Crippen MR) is 106 cm³/mol. The highest BCUT2D eigenvalue weighted by Crippen LogP contribution is 2.18. The minimum absolute atomic E-state index is 0.110. The van der Waals surface area contributed by atoms with Crippen LogP contribution in [0.25, 0.3) is 0 Å². The Morgan fingerprint density at radius 1 is 0.821 bits per heavy atom. The van der Waals surface area contributed by atoms with E-state index in [9.17, 15) is 28.2 Å². The van der Waals surface area contributed by atoms with Gasteiger partial charge in [0, 0.05) is 0 Å². The molecule has 0 heterocycles. The van der Waals surface area contributed by atoms with Crippen molar-refractivity contribution in [3.8, 4) is 0 Å². The summed E-state index contributed by atoms with van der Waals surface area (Å²) in [7, 11) is 0. The van der Waals surface area contributed by atoms with Crippen LogP contribution in [0, 0.1) is 0 Å². The SMILES string of the molecule is CCCCCCCCCCCCCC[C@@H](O)[C@@H](O)[C@H](CC)NC(=O)C(F)(F)F. The molecule has 0 radical (unpaired) electrons. The summed E-state index contributed by atoms with van der Waals surface area (Å²) in [5.41, 5.74) is 0. The van der Waals surface area contributed by atoms with Crippen molar-refractivity contribution < 1.29 is 28.2 Å². The van der Waals surface area contributed by atoms with Crippen LogP contribution in [0.15, 0.2) is 0 Å². The van der Waals surface area contributed by atoms with Gasteiger partial charge in [0.25, 0.3) is 0 Å². The molecule has 0 aliphatic rings. The van der Waals surface area contributed by atoms with Gasteiger partial charge in [-0.25, -0.2) is 0 Å². The van der Waals surface area contributed by atoms with E-state index in [-0.39, 0.29) is 6.42 Å². The third-order valence-electron chi connectivity index (χ3n) is 5.17. The summed E-state index contributed by atoms with van der Waals surface area (Å²) in [6.07, 6.45) is 7.06. The molecule has 0 aromatic heterocycles. The molecule has 3 N–H and O–H groups in total. The second kappa shape index (κ2) is 16.0. The summed E-state index contributed by atoms with van der Waals surface area (Å²) >= 11 is 0. The molecular formula is C21H40F3NO3. The van der Waals surface area contributed by atoms with Crippen LogP contribution in [0.2, 0.25) is 0 Å². The van der Waals surface area contributed by atoms with Crippen molar-refractivity contribution in [2.24, 2.45) is 0 Å². The summed E-state index contributed by atoms with van der Waals surface area (Å²) in [4.78, 5) is 11.0. The van der Waals surface area contributed by atoms with Crippen molar-refractivity contribution in [2.75, 3.05) is 0 Å². The summed E-state index contributed by atoms with van der Waals surface area (Å²) in [5, 5.41) is 21.8. The molecule has 0 aromatic carbocycles. The Balaban J connectivity index is 3.78. The number of halogens is 3. The Hall–Kier alpha value is -0.820. The molecule has 0 rings (SSSR count). The number of amides is 1. The predicted octanol–water partition coefficient (Wildman–Crippen LogP) is 5.26. The van der Waals surface area contributed by atoms with Crippen molar-refractivity contribution in [1.29, 1.82) is 0 Å². The molecule has 0 aromatic rings. The van der Waals surface area contributed by atoms with Crippen LogP contribution >= 0.6 is 0 Å². The molecule has 0 aliphatic heterocycles. The van der Waals surface area contributed by atoms with Crippen LogP contribution in [0.3, 0.4) is 0 Å². The average Bonchev–Trinajstić information content (AvgIpc) is 2.65. The molecule has 0 saturated heterocycles. The highest BCUT2D eigenvalue weighted by atomic mass is 19.4. The summed E-state index contributed by atoms with van der Waals surface area (Å²) < 4.78 is 37.0. The van der Waals surface area contributed by atoms with Gasteiger partial charge in [-0.1, -0.05) is 90.9 Å². The van der Waals surface area contributed by atoms with E-state index < -0.39 is 30.3 Å². The molecule has 28 heavy (non-hydrogen) atoms. The van der Waals surface area contributed by atoms with Gasteiger partial charge in [-0.3, -0.25) is 4.79 Å². The third kappa shape index (κ3) is 13.4. The maximum absolute atomic E-state index is 12.3. The molecule has 0 aliphatic carbocycles. The first-order valence-electron chi connectivity index (χ1n) is 11.0. The fourth-order valence-electron chi connectivity index (χ4n) is 3.31. The minimum Gasteiger partial charge on any atom is -0.390 e. The summed E-state index contributed by atoms with van der Waals surface area (Å²) in [5.74, 6) is -2.09. The van der Waals surface area contributed by atoms with E-state index in [0.29, 0.717) is 12.8 Å². The number of rotatable bonds is 17. The molecule has 1 amide bonds. The average molecular weight is 412 g/mol. The van der Waals surface area contributed by atoms with Gasteiger partial charge < -0.3 is 15.5 Å². The Morgan fingerprint density at radius 3 is 1.64 bits per heavy atom. The Bertz CT molecular complexity index is 392. The number of nitrogens with one attached hydrogen (secondary N) is 1. The first kappa shape index (κ1) is 27.2. The van der Waals surface area contributed by atoms with E-state index in [4.69, 9.17) is 0 Å². The van der Waals surface area contributed by atoms with Crippen LogP contribution in [0.5, 0.6) is 0 Å². The van der Waals surface area contributed by atoms with E-state index >= 15 is 0 Å². The van der Waals surface area contributed by atoms with E-state index in [2.05, 4.69) is 6.92 Å². The topological polar surface area (TPSA) is 69.6 Å². The van der Waals surface area contributed by atoms with Gasteiger partial charge >= 0.3 is 12.1 Å². The van der Waals surface area contributed by atoms with Gasteiger partial charge in [-0.15, -0.1) is 0 Å². The first-order chi connectivity index (χ1) is 13.2.